The predicted octanol–water partition coefficient (Wildman–Crippen LogP) is 1.41. The fourth-order valence-corrected chi connectivity index (χ4v) is 4.90. The highest BCUT2D eigenvalue weighted by atomic mass is 16.3. The maximum Gasteiger partial charge on any atom is 0.0490 e. The molecule has 2 N–H and O–H groups in total. The second kappa shape index (κ2) is 2.96. The molecule has 3 aliphatic carbocycles. The van der Waals surface area contributed by atoms with Crippen LogP contribution < -0.4 is 0 Å². The molecular weight excluding hydrogens is 176 g/mol. The molecule has 0 spiro atoms. The zero-order valence-corrected chi connectivity index (χ0v) is 8.65. The molecule has 3 fully saturated rings. The average Bonchev–Trinajstić information content (AvgIpc) is 2.88. The maximum absolute atomic E-state index is 9.62. The van der Waals surface area contributed by atoms with Gasteiger partial charge in [-0.1, -0.05) is 6.42 Å². The van der Waals surface area contributed by atoms with Crippen molar-refractivity contribution in [2.75, 3.05) is 13.2 Å². The van der Waals surface area contributed by atoms with Crippen molar-refractivity contribution < 1.29 is 10.2 Å². The summed E-state index contributed by atoms with van der Waals surface area (Å²) in [6.07, 6.45) is 6.33. The first-order chi connectivity index (χ1) is 6.80. The summed E-state index contributed by atoms with van der Waals surface area (Å²) in [5.74, 6) is 2.87. The largest absolute Gasteiger partial charge is 0.396 e. The van der Waals surface area contributed by atoms with E-state index < -0.39 is 0 Å². The molecule has 0 aliphatic heterocycles. The van der Waals surface area contributed by atoms with Gasteiger partial charge in [0.2, 0.25) is 0 Å². The van der Waals surface area contributed by atoms with Gasteiger partial charge in [0, 0.05) is 13.2 Å². The van der Waals surface area contributed by atoms with Crippen LogP contribution in [0.3, 0.4) is 0 Å². The van der Waals surface area contributed by atoms with Gasteiger partial charge in [0.05, 0.1) is 0 Å². The van der Waals surface area contributed by atoms with Crippen LogP contribution in [0.25, 0.3) is 0 Å². The number of rotatable bonds is 2. The van der Waals surface area contributed by atoms with Gasteiger partial charge in [0.15, 0.2) is 0 Å². The van der Waals surface area contributed by atoms with Gasteiger partial charge >= 0.3 is 0 Å². The van der Waals surface area contributed by atoms with Crippen molar-refractivity contribution in [1.82, 2.24) is 0 Å². The predicted molar refractivity (Wildman–Crippen MR) is 53.6 cm³/mol. The zero-order chi connectivity index (χ0) is 9.76. The van der Waals surface area contributed by atoms with Crippen molar-refractivity contribution in [3.63, 3.8) is 0 Å². The molecule has 2 heteroatoms. The third kappa shape index (κ3) is 0.938. The Morgan fingerprint density at radius 2 is 1.93 bits per heavy atom. The second-order valence-electron chi connectivity index (χ2n) is 5.74. The minimum absolute atomic E-state index is 0.221. The summed E-state index contributed by atoms with van der Waals surface area (Å²) in [5, 5.41) is 19.0. The number of fused-ring (bicyclic) bond motifs is 5. The molecule has 0 aromatic rings. The monoisotopic (exact) mass is 196 g/mol. The van der Waals surface area contributed by atoms with Crippen LogP contribution in [0.1, 0.15) is 32.1 Å². The van der Waals surface area contributed by atoms with E-state index >= 15 is 0 Å². The fraction of sp³-hybridized carbons (Fsp3) is 1.00. The first kappa shape index (κ1) is 9.17. The van der Waals surface area contributed by atoms with Crippen LogP contribution >= 0.6 is 0 Å². The summed E-state index contributed by atoms with van der Waals surface area (Å²) >= 11 is 0. The second-order valence-corrected chi connectivity index (χ2v) is 5.74. The van der Waals surface area contributed by atoms with Crippen LogP contribution in [0.2, 0.25) is 0 Å². The van der Waals surface area contributed by atoms with Crippen LogP contribution in [-0.4, -0.2) is 23.4 Å². The Labute approximate surface area is 85.3 Å². The molecule has 3 saturated carbocycles. The first-order valence-electron chi connectivity index (χ1n) is 6.02. The van der Waals surface area contributed by atoms with Gasteiger partial charge < -0.3 is 10.2 Å². The first-order valence-corrected chi connectivity index (χ1v) is 6.02. The van der Waals surface area contributed by atoms with Crippen LogP contribution in [0, 0.1) is 29.1 Å². The van der Waals surface area contributed by atoms with E-state index in [-0.39, 0.29) is 5.41 Å². The quantitative estimate of drug-likeness (QED) is 0.701. The van der Waals surface area contributed by atoms with Crippen molar-refractivity contribution in [2.45, 2.75) is 32.1 Å². The van der Waals surface area contributed by atoms with E-state index in [1.165, 1.54) is 25.7 Å². The molecule has 0 saturated heterocycles. The number of aliphatic hydroxyl groups excluding tert-OH is 2. The van der Waals surface area contributed by atoms with Gasteiger partial charge in [0.25, 0.3) is 0 Å². The molecule has 3 rings (SSSR count). The molecule has 5 unspecified atom stereocenters. The third-order valence-electron chi connectivity index (χ3n) is 5.37. The van der Waals surface area contributed by atoms with Crippen LogP contribution in [0.5, 0.6) is 0 Å². The lowest BCUT2D eigenvalue weighted by atomic mass is 9.69. The van der Waals surface area contributed by atoms with Crippen LogP contribution in [-0.2, 0) is 0 Å². The van der Waals surface area contributed by atoms with Gasteiger partial charge in [-0.05, 0) is 54.8 Å². The smallest absolute Gasteiger partial charge is 0.0490 e. The Hall–Kier alpha value is -0.0800. The van der Waals surface area contributed by atoms with Crippen molar-refractivity contribution in [3.8, 4) is 0 Å². The maximum atomic E-state index is 9.62. The standard InChI is InChI=1S/C12H20O2/c13-6-8-4-12(7-14)5-10(8)9-2-1-3-11(9)12/h8-11,13-14H,1-7H2. The van der Waals surface area contributed by atoms with Gasteiger partial charge in [-0.3, -0.25) is 0 Å². The van der Waals surface area contributed by atoms with E-state index in [4.69, 9.17) is 0 Å². The molecule has 2 nitrogen and oxygen atoms in total. The Balaban J connectivity index is 1.91. The van der Waals surface area contributed by atoms with Gasteiger partial charge in [-0.25, -0.2) is 0 Å². The highest BCUT2D eigenvalue weighted by Gasteiger charge is 2.61. The topological polar surface area (TPSA) is 40.5 Å². The SMILES string of the molecule is OCC1CC2(CO)CC1C1CCCC12. The molecule has 80 valence electrons. The Morgan fingerprint density at radius 1 is 1.07 bits per heavy atom. The van der Waals surface area contributed by atoms with Gasteiger partial charge in [-0.15, -0.1) is 0 Å². The highest BCUT2D eigenvalue weighted by Crippen LogP contribution is 2.67. The lowest BCUT2D eigenvalue weighted by molar-refractivity contribution is 0.0345. The molecule has 14 heavy (non-hydrogen) atoms. The molecule has 3 aliphatic rings. The van der Waals surface area contributed by atoms with E-state index in [2.05, 4.69) is 0 Å². The minimum atomic E-state index is 0.221. The summed E-state index contributed by atoms with van der Waals surface area (Å²) < 4.78 is 0. The summed E-state index contributed by atoms with van der Waals surface area (Å²) in [4.78, 5) is 0. The summed E-state index contributed by atoms with van der Waals surface area (Å²) in [7, 11) is 0. The molecule has 0 heterocycles. The molecular formula is C12H20O2. The van der Waals surface area contributed by atoms with Crippen molar-refractivity contribution >= 4 is 0 Å². The number of hydrogen-bond donors (Lipinski definition) is 2. The molecule has 0 aromatic heterocycles. The summed E-state index contributed by atoms with van der Waals surface area (Å²) in [6.45, 7) is 0.705. The van der Waals surface area contributed by atoms with E-state index in [1.807, 2.05) is 0 Å². The average molecular weight is 196 g/mol. The normalized spacial score (nSPS) is 55.3. The number of aliphatic hydroxyl groups is 2. The Morgan fingerprint density at radius 3 is 2.64 bits per heavy atom. The van der Waals surface area contributed by atoms with Crippen molar-refractivity contribution in [1.29, 1.82) is 0 Å². The van der Waals surface area contributed by atoms with E-state index in [1.54, 1.807) is 0 Å². The van der Waals surface area contributed by atoms with Crippen molar-refractivity contribution in [3.05, 3.63) is 0 Å². The molecule has 0 radical (unpaired) electrons. The van der Waals surface area contributed by atoms with Crippen LogP contribution in [0.4, 0.5) is 0 Å². The molecule has 2 bridgehead atoms. The molecule has 5 atom stereocenters. The van der Waals surface area contributed by atoms with Crippen LogP contribution in [0.15, 0.2) is 0 Å². The number of hydrogen-bond acceptors (Lipinski definition) is 2. The van der Waals surface area contributed by atoms with Gasteiger partial charge in [-0.2, -0.15) is 0 Å². The van der Waals surface area contributed by atoms with Crippen molar-refractivity contribution in [2.24, 2.45) is 29.1 Å². The highest BCUT2D eigenvalue weighted by molar-refractivity contribution is 5.10. The van der Waals surface area contributed by atoms with E-state index in [0.717, 1.165) is 24.2 Å². The van der Waals surface area contributed by atoms with E-state index in [9.17, 15) is 10.2 Å². The fourth-order valence-electron chi connectivity index (χ4n) is 4.90. The summed E-state index contributed by atoms with van der Waals surface area (Å²) in [5.41, 5.74) is 0.221. The minimum Gasteiger partial charge on any atom is -0.396 e. The zero-order valence-electron chi connectivity index (χ0n) is 8.65. The van der Waals surface area contributed by atoms with E-state index in [0.29, 0.717) is 19.1 Å². The summed E-state index contributed by atoms with van der Waals surface area (Å²) in [6, 6.07) is 0. The molecule has 0 amide bonds. The Kier molecular flexibility index (Phi) is 1.94. The lowest BCUT2D eigenvalue weighted by Crippen LogP contribution is -2.35. The molecule has 0 aromatic carbocycles. The third-order valence-corrected chi connectivity index (χ3v) is 5.37. The lowest BCUT2D eigenvalue weighted by Gasteiger charge is -2.37. The van der Waals surface area contributed by atoms with Gasteiger partial charge in [0.1, 0.15) is 0 Å². The Bertz CT molecular complexity index is 236.